The van der Waals surface area contributed by atoms with Crippen molar-refractivity contribution in [2.75, 3.05) is 0 Å². The lowest BCUT2D eigenvalue weighted by Crippen LogP contribution is -2.08. The fraction of sp³-hybridized carbons (Fsp3) is 0.235. The van der Waals surface area contributed by atoms with Crippen LogP contribution in [0.5, 0.6) is 5.75 Å². The van der Waals surface area contributed by atoms with Gasteiger partial charge in [-0.25, -0.2) is 4.79 Å². The van der Waals surface area contributed by atoms with Crippen LogP contribution in [-0.2, 0) is 6.42 Å². The minimum absolute atomic E-state index is 0.389. The molecule has 0 aliphatic carbocycles. The van der Waals surface area contributed by atoms with E-state index in [9.17, 15) is 4.79 Å². The largest absolute Gasteiger partial charge is 0.423 e. The number of hydrogen-bond acceptors (Lipinski definition) is 3. The van der Waals surface area contributed by atoms with Crippen LogP contribution in [0, 0.1) is 0 Å². The number of esters is 1. The lowest BCUT2D eigenvalue weighted by atomic mass is 10.1. The number of rotatable bonds is 5. The van der Waals surface area contributed by atoms with E-state index in [0.29, 0.717) is 21.2 Å². The predicted octanol–water partition coefficient (Wildman–Crippen LogP) is 5.19. The fourth-order valence-electron chi connectivity index (χ4n) is 1.91. The van der Waals surface area contributed by atoms with Crippen LogP contribution in [-0.4, -0.2) is 5.97 Å². The Labute approximate surface area is 135 Å². The SMILES string of the molecule is CCCCc1ccc(C(=O)Oc2ccc(S)c(Cl)c2)cc1. The van der Waals surface area contributed by atoms with Crippen LogP contribution in [0.1, 0.15) is 35.7 Å². The third-order valence-corrected chi connectivity index (χ3v) is 3.97. The monoisotopic (exact) mass is 320 g/mol. The average Bonchev–Trinajstić information content (AvgIpc) is 2.49. The summed E-state index contributed by atoms with van der Waals surface area (Å²) in [4.78, 5) is 12.7. The molecule has 0 atom stereocenters. The second kappa shape index (κ2) is 7.53. The number of benzene rings is 2. The Kier molecular flexibility index (Phi) is 5.71. The summed E-state index contributed by atoms with van der Waals surface area (Å²) in [7, 11) is 0. The molecule has 0 unspecified atom stereocenters. The van der Waals surface area contributed by atoms with Crippen molar-refractivity contribution in [2.45, 2.75) is 31.1 Å². The topological polar surface area (TPSA) is 26.3 Å². The van der Waals surface area contributed by atoms with Crippen molar-refractivity contribution in [2.24, 2.45) is 0 Å². The standard InChI is InChI=1S/C17H17ClO2S/c1-2-3-4-12-5-7-13(8-6-12)17(19)20-14-9-10-16(21)15(18)11-14/h5-11,21H,2-4H2,1H3. The molecule has 0 spiro atoms. The lowest BCUT2D eigenvalue weighted by Gasteiger charge is -2.06. The van der Waals surface area contributed by atoms with E-state index in [4.69, 9.17) is 16.3 Å². The van der Waals surface area contributed by atoms with E-state index in [-0.39, 0.29) is 5.97 Å². The molecule has 0 bridgehead atoms. The third-order valence-electron chi connectivity index (χ3n) is 3.14. The van der Waals surface area contributed by atoms with E-state index in [1.165, 1.54) is 5.56 Å². The van der Waals surface area contributed by atoms with Gasteiger partial charge in [-0.15, -0.1) is 12.6 Å². The number of halogens is 1. The highest BCUT2D eigenvalue weighted by atomic mass is 35.5. The average molecular weight is 321 g/mol. The molecule has 0 aliphatic heterocycles. The first-order valence-corrected chi connectivity index (χ1v) is 7.72. The second-order valence-corrected chi connectivity index (χ2v) is 5.69. The van der Waals surface area contributed by atoms with Gasteiger partial charge in [0.25, 0.3) is 0 Å². The fourth-order valence-corrected chi connectivity index (χ4v) is 2.22. The summed E-state index contributed by atoms with van der Waals surface area (Å²) in [5, 5.41) is 0.457. The number of ether oxygens (including phenoxy) is 1. The highest BCUT2D eigenvalue weighted by molar-refractivity contribution is 7.80. The number of aryl methyl sites for hydroxylation is 1. The van der Waals surface area contributed by atoms with Crippen molar-refractivity contribution in [3.05, 3.63) is 58.6 Å². The molecule has 0 radical (unpaired) electrons. The Morgan fingerprint density at radius 3 is 2.52 bits per heavy atom. The Hall–Kier alpha value is -1.45. The summed E-state index contributed by atoms with van der Waals surface area (Å²) >= 11 is 10.1. The maximum atomic E-state index is 12.1. The Balaban J connectivity index is 2.04. The summed E-state index contributed by atoms with van der Waals surface area (Å²) < 4.78 is 5.30. The summed E-state index contributed by atoms with van der Waals surface area (Å²) in [5.41, 5.74) is 1.76. The molecule has 21 heavy (non-hydrogen) atoms. The van der Waals surface area contributed by atoms with Crippen LogP contribution in [0.3, 0.4) is 0 Å². The van der Waals surface area contributed by atoms with Crippen LogP contribution in [0.4, 0.5) is 0 Å². The van der Waals surface area contributed by atoms with Crippen molar-refractivity contribution in [3.8, 4) is 5.75 Å². The van der Waals surface area contributed by atoms with Crippen LogP contribution in [0.15, 0.2) is 47.4 Å². The van der Waals surface area contributed by atoms with E-state index in [1.54, 1.807) is 30.3 Å². The molecule has 0 fully saturated rings. The van der Waals surface area contributed by atoms with Gasteiger partial charge in [-0.1, -0.05) is 37.1 Å². The molecule has 0 aromatic heterocycles. The van der Waals surface area contributed by atoms with Crippen LogP contribution < -0.4 is 4.74 Å². The van der Waals surface area contributed by atoms with Gasteiger partial charge in [0.2, 0.25) is 0 Å². The molecule has 0 N–H and O–H groups in total. The lowest BCUT2D eigenvalue weighted by molar-refractivity contribution is 0.0734. The molecule has 0 amide bonds. The van der Waals surface area contributed by atoms with Crippen LogP contribution in [0.2, 0.25) is 5.02 Å². The van der Waals surface area contributed by atoms with Gasteiger partial charge < -0.3 is 4.74 Å². The van der Waals surface area contributed by atoms with E-state index >= 15 is 0 Å². The summed E-state index contributed by atoms with van der Waals surface area (Å²) in [5.74, 6) is 0.0258. The molecule has 2 rings (SSSR count). The van der Waals surface area contributed by atoms with Gasteiger partial charge in [-0.05, 0) is 42.7 Å². The molecule has 2 nitrogen and oxygen atoms in total. The first-order valence-electron chi connectivity index (χ1n) is 6.90. The zero-order chi connectivity index (χ0) is 15.2. The molecule has 2 aromatic rings. The van der Waals surface area contributed by atoms with Crippen molar-refractivity contribution < 1.29 is 9.53 Å². The maximum absolute atomic E-state index is 12.1. The molecule has 110 valence electrons. The Bertz CT molecular complexity index is 623. The second-order valence-electron chi connectivity index (χ2n) is 4.80. The van der Waals surface area contributed by atoms with Gasteiger partial charge in [0.05, 0.1) is 10.6 Å². The van der Waals surface area contributed by atoms with Crippen molar-refractivity contribution in [3.63, 3.8) is 0 Å². The van der Waals surface area contributed by atoms with Gasteiger partial charge in [0.15, 0.2) is 0 Å². The van der Waals surface area contributed by atoms with Gasteiger partial charge >= 0.3 is 5.97 Å². The summed E-state index contributed by atoms with van der Waals surface area (Å²) in [6.07, 6.45) is 3.34. The van der Waals surface area contributed by atoms with E-state index in [1.807, 2.05) is 12.1 Å². The number of thiol groups is 1. The Morgan fingerprint density at radius 2 is 1.90 bits per heavy atom. The van der Waals surface area contributed by atoms with Gasteiger partial charge in [-0.2, -0.15) is 0 Å². The molecule has 0 aliphatic rings. The van der Waals surface area contributed by atoms with Gasteiger partial charge in [0.1, 0.15) is 5.75 Å². The predicted molar refractivity (Wildman–Crippen MR) is 88.7 cm³/mol. The molecule has 0 saturated carbocycles. The zero-order valence-electron chi connectivity index (χ0n) is 11.8. The molecule has 4 heteroatoms. The van der Waals surface area contributed by atoms with Crippen molar-refractivity contribution >= 4 is 30.2 Å². The summed E-state index contributed by atoms with van der Waals surface area (Å²) in [6.45, 7) is 2.16. The highest BCUT2D eigenvalue weighted by Gasteiger charge is 2.09. The first kappa shape index (κ1) is 15.9. The molecular weight excluding hydrogens is 304 g/mol. The highest BCUT2D eigenvalue weighted by Crippen LogP contribution is 2.25. The Morgan fingerprint density at radius 1 is 1.19 bits per heavy atom. The minimum Gasteiger partial charge on any atom is -0.423 e. The summed E-state index contributed by atoms with van der Waals surface area (Å²) in [6, 6.07) is 12.5. The minimum atomic E-state index is -0.389. The normalized spacial score (nSPS) is 10.4. The quantitative estimate of drug-likeness (QED) is 0.466. The van der Waals surface area contributed by atoms with E-state index in [2.05, 4.69) is 19.6 Å². The van der Waals surface area contributed by atoms with Crippen LogP contribution in [0.25, 0.3) is 0 Å². The maximum Gasteiger partial charge on any atom is 0.343 e. The smallest absolute Gasteiger partial charge is 0.343 e. The molecule has 0 saturated heterocycles. The van der Waals surface area contributed by atoms with E-state index < -0.39 is 0 Å². The van der Waals surface area contributed by atoms with Crippen molar-refractivity contribution in [1.29, 1.82) is 0 Å². The number of carbonyl (C=O) groups is 1. The third kappa shape index (κ3) is 4.51. The number of carbonyl (C=O) groups excluding carboxylic acids is 1. The van der Waals surface area contributed by atoms with Crippen LogP contribution >= 0.6 is 24.2 Å². The molecular formula is C17H17ClO2S. The zero-order valence-corrected chi connectivity index (χ0v) is 13.5. The molecule has 2 aromatic carbocycles. The number of unbranched alkanes of at least 4 members (excludes halogenated alkanes) is 1. The van der Waals surface area contributed by atoms with Gasteiger partial charge in [0, 0.05) is 11.0 Å². The first-order chi connectivity index (χ1) is 10.1. The molecule has 0 heterocycles. The number of hydrogen-bond donors (Lipinski definition) is 1. The van der Waals surface area contributed by atoms with E-state index in [0.717, 1.165) is 19.3 Å². The van der Waals surface area contributed by atoms with Crippen molar-refractivity contribution in [1.82, 2.24) is 0 Å². The van der Waals surface area contributed by atoms with Gasteiger partial charge in [-0.3, -0.25) is 0 Å².